The molecule has 34 heavy (non-hydrogen) atoms. The zero-order valence-corrected chi connectivity index (χ0v) is 21.5. The van der Waals surface area contributed by atoms with Crippen molar-refractivity contribution in [1.29, 1.82) is 0 Å². The second-order valence-electron chi connectivity index (χ2n) is 7.88. The molecule has 6 rings (SSSR count). The van der Waals surface area contributed by atoms with Crippen molar-refractivity contribution < 1.29 is 25.8 Å². The van der Waals surface area contributed by atoms with Crippen LogP contribution in [0, 0.1) is 19.1 Å². The SMILES string of the molecule is Cc1ccc(-p2c3[c-]c(-c4[c-]c(Oc5ccccn5)ccc4)ccc3c3ccccc32)nc1.[Pt+2]. The quantitative estimate of drug-likeness (QED) is 0.183. The van der Waals surface area contributed by atoms with Gasteiger partial charge in [-0.1, -0.05) is 54.4 Å². The summed E-state index contributed by atoms with van der Waals surface area (Å²) in [7, 11) is -0.760. The third-order valence-corrected chi connectivity index (χ3v) is 8.01. The first-order valence-corrected chi connectivity index (χ1v) is 12.1. The molecule has 0 bridgehead atoms. The molecule has 0 saturated heterocycles. The van der Waals surface area contributed by atoms with E-state index in [1.165, 1.54) is 26.6 Å². The monoisotopic (exact) mass is 637 g/mol. The molecule has 0 radical (unpaired) electrons. The summed E-state index contributed by atoms with van der Waals surface area (Å²) in [5, 5.41) is 5.07. The molecule has 0 fully saturated rings. The number of aryl methyl sites for hydroxylation is 1. The summed E-state index contributed by atoms with van der Waals surface area (Å²) < 4.78 is 5.90. The van der Waals surface area contributed by atoms with Crippen LogP contribution in [0.5, 0.6) is 11.6 Å². The first-order valence-electron chi connectivity index (χ1n) is 10.8. The van der Waals surface area contributed by atoms with Crippen LogP contribution in [-0.2, 0) is 21.1 Å². The van der Waals surface area contributed by atoms with Crippen LogP contribution in [0.3, 0.4) is 0 Å². The molecule has 3 aromatic heterocycles. The van der Waals surface area contributed by atoms with Crippen molar-refractivity contribution in [2.24, 2.45) is 0 Å². The first kappa shape index (κ1) is 22.5. The van der Waals surface area contributed by atoms with E-state index < -0.39 is 7.53 Å². The van der Waals surface area contributed by atoms with Crippen molar-refractivity contribution in [2.45, 2.75) is 6.92 Å². The van der Waals surface area contributed by atoms with Gasteiger partial charge in [0, 0.05) is 24.2 Å². The largest absolute Gasteiger partial charge is 2.00 e. The molecular weight excluding hydrogens is 618 g/mol. The molecule has 0 saturated carbocycles. The number of hydrogen-bond donors (Lipinski definition) is 0. The molecule has 3 nitrogen and oxygen atoms in total. The molecule has 3 heterocycles. The Kier molecular flexibility index (Phi) is 6.33. The minimum atomic E-state index is -0.760. The predicted octanol–water partition coefficient (Wildman–Crippen LogP) is 8.12. The first-order chi connectivity index (χ1) is 16.3. The molecule has 0 aliphatic carbocycles. The van der Waals surface area contributed by atoms with Crippen molar-refractivity contribution in [2.75, 3.05) is 0 Å². The summed E-state index contributed by atoms with van der Waals surface area (Å²) in [6, 6.07) is 35.9. The average Bonchev–Trinajstić information content (AvgIpc) is 3.19. The number of nitrogens with zero attached hydrogens (tertiary/aromatic N) is 2. The van der Waals surface area contributed by atoms with Gasteiger partial charge in [-0.05, 0) is 35.1 Å². The smallest absolute Gasteiger partial charge is 0.460 e. The Balaban J connectivity index is 0.00000241. The van der Waals surface area contributed by atoms with Crippen LogP contribution in [0.25, 0.3) is 37.6 Å². The van der Waals surface area contributed by atoms with Crippen LogP contribution >= 0.6 is 7.53 Å². The van der Waals surface area contributed by atoms with Gasteiger partial charge in [0.25, 0.3) is 0 Å². The van der Waals surface area contributed by atoms with E-state index in [0.29, 0.717) is 11.6 Å². The minimum absolute atomic E-state index is 0. The van der Waals surface area contributed by atoms with E-state index >= 15 is 0 Å². The number of aromatic nitrogens is 2. The fourth-order valence-corrected chi connectivity index (χ4v) is 6.52. The number of pyridine rings is 2. The van der Waals surface area contributed by atoms with Gasteiger partial charge in [-0.2, -0.15) is 24.3 Å². The third kappa shape index (κ3) is 4.18. The zero-order chi connectivity index (χ0) is 22.2. The van der Waals surface area contributed by atoms with E-state index in [1.807, 2.05) is 42.6 Å². The molecule has 0 N–H and O–H groups in total. The maximum atomic E-state index is 5.90. The fourth-order valence-electron chi connectivity index (χ4n) is 4.06. The van der Waals surface area contributed by atoms with Crippen molar-refractivity contribution in [1.82, 2.24) is 9.97 Å². The molecule has 1 atom stereocenters. The summed E-state index contributed by atoms with van der Waals surface area (Å²) in [6.45, 7) is 2.07. The fraction of sp³-hybridized carbons (Fsp3) is 0.0345. The van der Waals surface area contributed by atoms with Crippen LogP contribution in [0.1, 0.15) is 5.56 Å². The van der Waals surface area contributed by atoms with Crippen molar-refractivity contribution in [3.63, 3.8) is 0 Å². The van der Waals surface area contributed by atoms with Gasteiger partial charge in [0.15, 0.2) is 0 Å². The Hall–Kier alpha value is -3.25. The number of rotatable bonds is 4. The minimum Gasteiger partial charge on any atom is -0.460 e. The van der Waals surface area contributed by atoms with E-state index in [-0.39, 0.29) is 21.1 Å². The standard InChI is InChI=1S/C29H19N2OP.Pt/c1-20-12-15-29(31-19-20)33-26-10-3-2-9-24(26)25-14-13-22(18-27(25)33)21-7-6-8-23(17-21)32-28-11-4-5-16-30-28;/h2-16,19H,1H3;/q-2;+2. The molecule has 166 valence electrons. The number of benzene rings is 3. The van der Waals surface area contributed by atoms with Gasteiger partial charge >= 0.3 is 21.1 Å². The van der Waals surface area contributed by atoms with Gasteiger partial charge in [-0.3, -0.25) is 4.98 Å². The van der Waals surface area contributed by atoms with E-state index in [2.05, 4.69) is 72.6 Å². The molecular formula is C29H19N2OPPt. The zero-order valence-electron chi connectivity index (χ0n) is 18.3. The van der Waals surface area contributed by atoms with Crippen LogP contribution < -0.4 is 4.74 Å². The molecule has 5 heteroatoms. The summed E-state index contributed by atoms with van der Waals surface area (Å²) in [4.78, 5) is 9.04. The maximum absolute atomic E-state index is 5.90. The summed E-state index contributed by atoms with van der Waals surface area (Å²) in [6.07, 6.45) is 3.67. The Bertz CT molecular complexity index is 1590. The van der Waals surface area contributed by atoms with Gasteiger partial charge in [-0.15, -0.1) is 18.2 Å². The van der Waals surface area contributed by atoms with Gasteiger partial charge in [-0.25, -0.2) is 16.1 Å². The Labute approximate surface area is 213 Å². The number of hydrogen-bond acceptors (Lipinski definition) is 3. The molecule has 0 aliphatic heterocycles. The van der Waals surface area contributed by atoms with Crippen LogP contribution in [0.2, 0.25) is 0 Å². The van der Waals surface area contributed by atoms with Crippen LogP contribution in [-0.4, -0.2) is 9.97 Å². The second kappa shape index (κ2) is 9.55. The number of ether oxygens (including phenoxy) is 1. The van der Waals surface area contributed by atoms with E-state index in [1.54, 1.807) is 6.20 Å². The summed E-state index contributed by atoms with van der Waals surface area (Å²) in [5.74, 6) is 1.18. The van der Waals surface area contributed by atoms with Gasteiger partial charge in [0.2, 0.25) is 5.88 Å². The van der Waals surface area contributed by atoms with Crippen molar-refractivity contribution >= 4 is 28.5 Å². The van der Waals surface area contributed by atoms with E-state index in [9.17, 15) is 0 Å². The summed E-state index contributed by atoms with van der Waals surface area (Å²) in [5.41, 5.74) is 4.20. The molecule has 3 aromatic carbocycles. The molecule has 0 spiro atoms. The van der Waals surface area contributed by atoms with E-state index in [0.717, 1.165) is 16.6 Å². The Morgan fingerprint density at radius 2 is 1.59 bits per heavy atom. The molecule has 1 unspecified atom stereocenters. The molecule has 0 amide bonds. The van der Waals surface area contributed by atoms with E-state index in [4.69, 9.17) is 9.72 Å². The second-order valence-corrected chi connectivity index (χ2v) is 9.94. The van der Waals surface area contributed by atoms with Crippen LogP contribution in [0.15, 0.2) is 97.3 Å². The Morgan fingerprint density at radius 3 is 2.41 bits per heavy atom. The van der Waals surface area contributed by atoms with Crippen molar-refractivity contribution in [3.8, 4) is 28.2 Å². The van der Waals surface area contributed by atoms with Gasteiger partial charge < -0.3 is 4.74 Å². The molecule has 0 aliphatic rings. The molecule has 6 aromatic rings. The topological polar surface area (TPSA) is 35.0 Å². The predicted molar refractivity (Wildman–Crippen MR) is 135 cm³/mol. The van der Waals surface area contributed by atoms with Crippen molar-refractivity contribution in [3.05, 3.63) is 115 Å². The van der Waals surface area contributed by atoms with Gasteiger partial charge in [0.05, 0.1) is 5.44 Å². The van der Waals surface area contributed by atoms with Crippen LogP contribution in [0.4, 0.5) is 0 Å². The average molecular weight is 638 g/mol. The third-order valence-electron chi connectivity index (χ3n) is 5.62. The normalized spacial score (nSPS) is 11.4. The summed E-state index contributed by atoms with van der Waals surface area (Å²) >= 11 is 0. The number of fused-ring (bicyclic) bond motifs is 3. The Morgan fingerprint density at radius 1 is 0.735 bits per heavy atom. The maximum Gasteiger partial charge on any atom is 2.00 e. The van der Waals surface area contributed by atoms with Gasteiger partial charge in [0.1, 0.15) is 0 Å².